The molecule has 0 unspecified atom stereocenters. The quantitative estimate of drug-likeness (QED) is 0.392. The zero-order chi connectivity index (χ0) is 19.4. The van der Waals surface area contributed by atoms with Crippen LogP contribution in [0.15, 0.2) is 54.7 Å². The topological polar surface area (TPSA) is 106 Å². The van der Waals surface area contributed by atoms with Crippen LogP contribution in [0.4, 0.5) is 10.1 Å². The normalized spacial score (nSPS) is 10.6. The van der Waals surface area contributed by atoms with Gasteiger partial charge in [0.25, 0.3) is 5.69 Å². The summed E-state index contributed by atoms with van der Waals surface area (Å²) in [5, 5.41) is 17.1. The molecule has 8 heteroatoms. The van der Waals surface area contributed by atoms with Gasteiger partial charge < -0.3 is 0 Å². The van der Waals surface area contributed by atoms with E-state index in [-0.39, 0.29) is 41.6 Å². The van der Waals surface area contributed by atoms with Gasteiger partial charge in [0, 0.05) is 36.1 Å². The minimum Gasteiger partial charge on any atom is -0.294 e. The number of hydrogen-bond acceptors (Lipinski definition) is 5. The van der Waals surface area contributed by atoms with E-state index in [2.05, 4.69) is 10.2 Å². The molecule has 0 spiro atoms. The fraction of sp³-hybridized carbons (Fsp3) is 0.105. The number of aromatic nitrogens is 2. The number of H-pyrrole nitrogens is 1. The van der Waals surface area contributed by atoms with Crippen molar-refractivity contribution in [2.24, 2.45) is 0 Å². The predicted octanol–water partition coefficient (Wildman–Crippen LogP) is 3.31. The molecule has 0 bridgehead atoms. The van der Waals surface area contributed by atoms with Crippen LogP contribution in [0.1, 0.15) is 32.0 Å². The number of aromatic amines is 1. The molecule has 1 N–H and O–H groups in total. The molecule has 2 aromatic carbocycles. The van der Waals surface area contributed by atoms with Gasteiger partial charge in [-0.25, -0.2) is 4.39 Å². The van der Waals surface area contributed by atoms with Crippen LogP contribution in [0, 0.1) is 15.9 Å². The summed E-state index contributed by atoms with van der Waals surface area (Å²) in [6.45, 7) is 0. The molecule has 3 rings (SSSR count). The van der Waals surface area contributed by atoms with Crippen molar-refractivity contribution < 1.29 is 18.9 Å². The molecule has 136 valence electrons. The summed E-state index contributed by atoms with van der Waals surface area (Å²) in [7, 11) is 0. The van der Waals surface area contributed by atoms with Crippen LogP contribution >= 0.6 is 0 Å². The van der Waals surface area contributed by atoms with Gasteiger partial charge in [-0.05, 0) is 29.8 Å². The number of ketones is 2. The first kappa shape index (κ1) is 18.1. The van der Waals surface area contributed by atoms with Gasteiger partial charge in [-0.15, -0.1) is 0 Å². The van der Waals surface area contributed by atoms with Crippen LogP contribution in [0.2, 0.25) is 0 Å². The van der Waals surface area contributed by atoms with Crippen molar-refractivity contribution in [2.45, 2.75) is 12.8 Å². The Morgan fingerprint density at radius 1 is 1.00 bits per heavy atom. The number of hydrogen-bond donors (Lipinski definition) is 1. The van der Waals surface area contributed by atoms with Crippen LogP contribution < -0.4 is 0 Å². The third kappa shape index (κ3) is 4.30. The number of carbonyl (C=O) groups excluding carboxylic acids is 2. The van der Waals surface area contributed by atoms with Crippen LogP contribution in [0.25, 0.3) is 0 Å². The summed E-state index contributed by atoms with van der Waals surface area (Å²) < 4.78 is 13.0. The van der Waals surface area contributed by atoms with Crippen LogP contribution in [0.3, 0.4) is 0 Å². The first-order valence-electron chi connectivity index (χ1n) is 8.01. The number of carbonyl (C=O) groups is 2. The third-order valence-electron chi connectivity index (χ3n) is 4.03. The van der Waals surface area contributed by atoms with Gasteiger partial charge in [-0.1, -0.05) is 12.1 Å². The van der Waals surface area contributed by atoms with Crippen molar-refractivity contribution in [2.75, 3.05) is 0 Å². The molecular formula is C19H14FN3O4. The molecule has 1 aromatic heterocycles. The van der Waals surface area contributed by atoms with Crippen molar-refractivity contribution in [1.82, 2.24) is 10.2 Å². The maximum atomic E-state index is 13.0. The number of halogens is 1. The Bertz CT molecular complexity index is 995. The molecule has 27 heavy (non-hydrogen) atoms. The van der Waals surface area contributed by atoms with E-state index in [0.717, 1.165) is 0 Å². The smallest absolute Gasteiger partial charge is 0.269 e. The molecule has 0 aliphatic rings. The van der Waals surface area contributed by atoms with Crippen molar-refractivity contribution in [3.8, 4) is 0 Å². The van der Waals surface area contributed by atoms with Gasteiger partial charge in [-0.2, -0.15) is 5.10 Å². The lowest BCUT2D eigenvalue weighted by Crippen LogP contribution is -2.10. The number of nitro benzene ring substituents is 1. The minimum atomic E-state index is -0.545. The summed E-state index contributed by atoms with van der Waals surface area (Å²) in [6.07, 6.45) is 1.38. The molecule has 0 saturated carbocycles. The Balaban J connectivity index is 1.72. The highest BCUT2D eigenvalue weighted by Crippen LogP contribution is 2.16. The summed E-state index contributed by atoms with van der Waals surface area (Å²) in [4.78, 5) is 35.0. The van der Waals surface area contributed by atoms with Crippen molar-refractivity contribution in [3.63, 3.8) is 0 Å². The van der Waals surface area contributed by atoms with E-state index >= 15 is 0 Å². The highest BCUT2D eigenvalue weighted by atomic mass is 19.1. The van der Waals surface area contributed by atoms with Crippen molar-refractivity contribution in [3.05, 3.63) is 93.0 Å². The fourth-order valence-electron chi connectivity index (χ4n) is 2.61. The van der Waals surface area contributed by atoms with Crippen molar-refractivity contribution >= 4 is 17.3 Å². The predicted molar refractivity (Wildman–Crippen MR) is 94.2 cm³/mol. The summed E-state index contributed by atoms with van der Waals surface area (Å²) in [5.41, 5.74) is 1.49. The average Bonchev–Trinajstić information content (AvgIpc) is 3.12. The number of nitrogens with one attached hydrogen (secondary N) is 1. The molecular weight excluding hydrogens is 353 g/mol. The van der Waals surface area contributed by atoms with Crippen LogP contribution in [-0.4, -0.2) is 26.7 Å². The lowest BCUT2D eigenvalue weighted by molar-refractivity contribution is -0.384. The Morgan fingerprint density at radius 3 is 2.30 bits per heavy atom. The number of rotatable bonds is 7. The van der Waals surface area contributed by atoms with Crippen molar-refractivity contribution in [1.29, 1.82) is 0 Å². The number of Topliss-reactive ketones (excluding diaryl/α,β-unsaturated/α-hetero) is 2. The standard InChI is InChI=1S/C19H14FN3O4/c20-15-5-1-12(2-6-15)9-18(25)19-14(11-21-22-19)10-17(24)13-3-7-16(8-4-13)23(26)27/h1-8,11H,9-10H2,(H,21,22). The molecule has 0 saturated heterocycles. The lowest BCUT2D eigenvalue weighted by atomic mass is 9.99. The fourth-order valence-corrected chi connectivity index (χ4v) is 2.61. The Labute approximate surface area is 153 Å². The molecule has 0 atom stereocenters. The number of nitrogens with zero attached hydrogens (tertiary/aromatic N) is 2. The number of benzene rings is 2. The van der Waals surface area contributed by atoms with Crippen LogP contribution in [0.5, 0.6) is 0 Å². The molecule has 1 heterocycles. The first-order chi connectivity index (χ1) is 12.9. The molecule has 0 fully saturated rings. The van der Waals surface area contributed by atoms with E-state index in [9.17, 15) is 24.1 Å². The maximum absolute atomic E-state index is 13.0. The second-order valence-corrected chi connectivity index (χ2v) is 5.90. The Kier molecular flexibility index (Phi) is 5.16. The molecule has 7 nitrogen and oxygen atoms in total. The van der Waals surface area contributed by atoms with Gasteiger partial charge in [-0.3, -0.25) is 24.8 Å². The van der Waals surface area contributed by atoms with Gasteiger partial charge >= 0.3 is 0 Å². The number of nitro groups is 1. The Hall–Kier alpha value is -3.68. The minimum absolute atomic E-state index is 0.0429. The summed E-state index contributed by atoms with van der Waals surface area (Å²) in [6, 6.07) is 10.8. The Morgan fingerprint density at radius 2 is 1.67 bits per heavy atom. The van der Waals surface area contributed by atoms with E-state index in [1.807, 2.05) is 0 Å². The monoisotopic (exact) mass is 367 g/mol. The average molecular weight is 367 g/mol. The van der Waals surface area contributed by atoms with E-state index in [1.165, 1.54) is 54.7 Å². The first-order valence-corrected chi connectivity index (χ1v) is 8.01. The SMILES string of the molecule is O=C(Cc1cn[nH]c1C(=O)Cc1ccc(F)cc1)c1ccc([N+](=O)[O-])cc1. The largest absolute Gasteiger partial charge is 0.294 e. The van der Waals surface area contributed by atoms with Crippen LogP contribution in [-0.2, 0) is 12.8 Å². The maximum Gasteiger partial charge on any atom is 0.269 e. The highest BCUT2D eigenvalue weighted by Gasteiger charge is 2.18. The van der Waals surface area contributed by atoms with E-state index in [1.54, 1.807) is 0 Å². The molecule has 0 radical (unpaired) electrons. The zero-order valence-electron chi connectivity index (χ0n) is 14.0. The highest BCUT2D eigenvalue weighted by molar-refractivity contribution is 6.01. The van der Waals surface area contributed by atoms with Gasteiger partial charge in [0.1, 0.15) is 11.5 Å². The van der Waals surface area contributed by atoms with E-state index in [0.29, 0.717) is 16.7 Å². The van der Waals surface area contributed by atoms with E-state index in [4.69, 9.17) is 0 Å². The van der Waals surface area contributed by atoms with E-state index < -0.39 is 4.92 Å². The molecule has 3 aromatic rings. The summed E-state index contributed by atoms with van der Waals surface area (Å²) >= 11 is 0. The zero-order valence-corrected chi connectivity index (χ0v) is 14.0. The molecule has 0 aliphatic heterocycles. The van der Waals surface area contributed by atoms with Gasteiger partial charge in [0.05, 0.1) is 11.1 Å². The number of non-ortho nitro benzene ring substituents is 1. The third-order valence-corrected chi connectivity index (χ3v) is 4.03. The second-order valence-electron chi connectivity index (χ2n) is 5.90. The molecule has 0 aliphatic carbocycles. The molecule has 0 amide bonds. The second kappa shape index (κ2) is 7.69. The summed E-state index contributed by atoms with van der Waals surface area (Å²) in [5.74, 6) is -0.949. The lowest BCUT2D eigenvalue weighted by Gasteiger charge is -2.04. The van der Waals surface area contributed by atoms with Gasteiger partial charge in [0.15, 0.2) is 11.6 Å². The van der Waals surface area contributed by atoms with Gasteiger partial charge in [0.2, 0.25) is 0 Å².